The zero-order chi connectivity index (χ0) is 22.6. The van der Waals surface area contributed by atoms with Crippen molar-refractivity contribution in [3.05, 3.63) is 59.7 Å². The summed E-state index contributed by atoms with van der Waals surface area (Å²) in [7, 11) is 2.15. The lowest BCUT2D eigenvalue weighted by Crippen LogP contribution is -2.38. The molecule has 32 heavy (non-hydrogen) atoms. The first kappa shape index (κ1) is 24.1. The minimum Gasteiger partial charge on any atom is -0.493 e. The van der Waals surface area contributed by atoms with Gasteiger partial charge >= 0.3 is 0 Å². The Bertz CT molecular complexity index is 836. The zero-order valence-electron chi connectivity index (χ0n) is 19.3. The van der Waals surface area contributed by atoms with Crippen molar-refractivity contribution in [3.8, 4) is 11.5 Å². The molecular weight excluding hydrogens is 404 g/mol. The van der Waals surface area contributed by atoms with E-state index in [0.717, 1.165) is 55.2 Å². The van der Waals surface area contributed by atoms with Crippen molar-refractivity contribution in [2.75, 3.05) is 40.0 Å². The molecule has 1 aliphatic rings. The lowest BCUT2D eigenvalue weighted by molar-refractivity contribution is -0.121. The monoisotopic (exact) mass is 440 g/mol. The molecule has 0 radical (unpaired) electrons. The van der Waals surface area contributed by atoms with E-state index in [4.69, 9.17) is 14.2 Å². The largest absolute Gasteiger partial charge is 0.493 e. The third-order valence-electron chi connectivity index (χ3n) is 5.81. The fourth-order valence-corrected chi connectivity index (χ4v) is 3.78. The average Bonchev–Trinajstić information content (AvgIpc) is 2.82. The van der Waals surface area contributed by atoms with E-state index in [1.807, 2.05) is 55.5 Å². The third-order valence-corrected chi connectivity index (χ3v) is 5.81. The molecule has 0 saturated carbocycles. The molecule has 1 fully saturated rings. The Balaban J connectivity index is 1.31. The number of amides is 1. The molecule has 6 nitrogen and oxygen atoms in total. The van der Waals surface area contributed by atoms with Gasteiger partial charge in [0.25, 0.3) is 0 Å². The first-order chi connectivity index (χ1) is 15.6. The third kappa shape index (κ3) is 8.17. The molecule has 1 aliphatic heterocycles. The molecule has 1 heterocycles. The molecule has 0 aromatic heterocycles. The standard InChI is InChI=1S/C26H36N2O4/c1-21-7-3-4-10-25(21)32-15-6-11-26(29)27-20-22-8-5-9-24(19-22)31-18-14-28(2)23-12-16-30-17-13-23/h3-5,7-10,19,23H,6,11-18,20H2,1-2H3,(H,27,29). The van der Waals surface area contributed by atoms with Gasteiger partial charge in [-0.15, -0.1) is 0 Å². The second-order valence-corrected chi connectivity index (χ2v) is 8.31. The van der Waals surface area contributed by atoms with E-state index >= 15 is 0 Å². The fraction of sp³-hybridized carbons (Fsp3) is 0.500. The molecule has 6 heteroatoms. The van der Waals surface area contributed by atoms with Crippen LogP contribution in [0.15, 0.2) is 48.5 Å². The Morgan fingerprint density at radius 1 is 1.09 bits per heavy atom. The van der Waals surface area contributed by atoms with Gasteiger partial charge in [0.05, 0.1) is 6.61 Å². The summed E-state index contributed by atoms with van der Waals surface area (Å²) in [6, 6.07) is 16.4. The van der Waals surface area contributed by atoms with Crippen LogP contribution >= 0.6 is 0 Å². The van der Waals surface area contributed by atoms with Crippen LogP contribution in [0.1, 0.15) is 36.8 Å². The van der Waals surface area contributed by atoms with Crippen molar-refractivity contribution in [1.29, 1.82) is 0 Å². The van der Waals surface area contributed by atoms with Crippen molar-refractivity contribution < 1.29 is 19.0 Å². The van der Waals surface area contributed by atoms with Crippen LogP contribution in [0.5, 0.6) is 11.5 Å². The Labute approximate surface area is 191 Å². The molecule has 0 aliphatic carbocycles. The van der Waals surface area contributed by atoms with E-state index in [2.05, 4.69) is 17.3 Å². The molecule has 2 aromatic rings. The number of nitrogens with one attached hydrogen (secondary N) is 1. The normalized spacial score (nSPS) is 14.3. The highest BCUT2D eigenvalue weighted by molar-refractivity contribution is 5.75. The summed E-state index contributed by atoms with van der Waals surface area (Å²) in [6.45, 7) is 6.28. The number of rotatable bonds is 12. The minimum atomic E-state index is 0.0304. The van der Waals surface area contributed by atoms with Gasteiger partial charge in [-0.05, 0) is 62.6 Å². The van der Waals surface area contributed by atoms with Crippen LogP contribution in [0.3, 0.4) is 0 Å². The molecule has 1 N–H and O–H groups in total. The van der Waals surface area contributed by atoms with Gasteiger partial charge in [0, 0.05) is 38.8 Å². The van der Waals surface area contributed by atoms with E-state index < -0.39 is 0 Å². The summed E-state index contributed by atoms with van der Waals surface area (Å²) in [6.07, 6.45) is 3.30. The number of nitrogens with zero attached hydrogens (tertiary/aromatic N) is 1. The number of ether oxygens (including phenoxy) is 3. The predicted molar refractivity (Wildman–Crippen MR) is 126 cm³/mol. The van der Waals surface area contributed by atoms with E-state index in [9.17, 15) is 4.79 Å². The molecule has 0 unspecified atom stereocenters. The molecule has 3 rings (SSSR count). The van der Waals surface area contributed by atoms with Gasteiger partial charge in [0.15, 0.2) is 0 Å². The quantitative estimate of drug-likeness (QED) is 0.506. The second-order valence-electron chi connectivity index (χ2n) is 8.31. The van der Waals surface area contributed by atoms with Crippen LogP contribution in [0.4, 0.5) is 0 Å². The summed E-state index contributed by atoms with van der Waals surface area (Å²) in [4.78, 5) is 14.5. The Hall–Kier alpha value is -2.57. The van der Waals surface area contributed by atoms with Crippen molar-refractivity contribution in [3.63, 3.8) is 0 Å². The Morgan fingerprint density at radius 2 is 1.91 bits per heavy atom. The fourth-order valence-electron chi connectivity index (χ4n) is 3.78. The van der Waals surface area contributed by atoms with Crippen LogP contribution in [0.25, 0.3) is 0 Å². The van der Waals surface area contributed by atoms with Crippen molar-refractivity contribution in [2.45, 2.75) is 45.2 Å². The lowest BCUT2D eigenvalue weighted by Gasteiger charge is -2.31. The van der Waals surface area contributed by atoms with Gasteiger partial charge in [-0.3, -0.25) is 9.69 Å². The van der Waals surface area contributed by atoms with E-state index in [0.29, 0.717) is 38.6 Å². The van der Waals surface area contributed by atoms with Crippen molar-refractivity contribution in [2.24, 2.45) is 0 Å². The number of hydrogen-bond acceptors (Lipinski definition) is 5. The van der Waals surface area contributed by atoms with Crippen molar-refractivity contribution in [1.82, 2.24) is 10.2 Å². The maximum Gasteiger partial charge on any atom is 0.220 e. The van der Waals surface area contributed by atoms with Crippen LogP contribution in [0, 0.1) is 6.92 Å². The molecular formula is C26H36N2O4. The Morgan fingerprint density at radius 3 is 2.72 bits per heavy atom. The van der Waals surface area contributed by atoms with Crippen molar-refractivity contribution >= 4 is 5.91 Å². The molecule has 174 valence electrons. The number of aryl methyl sites for hydroxylation is 1. The summed E-state index contributed by atoms with van der Waals surface area (Å²) in [5.41, 5.74) is 2.14. The molecule has 0 atom stereocenters. The lowest BCUT2D eigenvalue weighted by atomic mass is 10.1. The number of carbonyl (C=O) groups is 1. The zero-order valence-corrected chi connectivity index (χ0v) is 19.3. The van der Waals surface area contributed by atoms with Crippen LogP contribution in [0.2, 0.25) is 0 Å². The van der Waals surface area contributed by atoms with Gasteiger partial charge < -0.3 is 19.5 Å². The second kappa shape index (κ2) is 13.1. The van der Waals surface area contributed by atoms with E-state index in [1.165, 1.54) is 0 Å². The summed E-state index contributed by atoms with van der Waals surface area (Å²) >= 11 is 0. The highest BCUT2D eigenvalue weighted by atomic mass is 16.5. The summed E-state index contributed by atoms with van der Waals surface area (Å²) in [5.74, 6) is 1.75. The highest BCUT2D eigenvalue weighted by Gasteiger charge is 2.18. The molecule has 0 spiro atoms. The molecule has 1 saturated heterocycles. The van der Waals surface area contributed by atoms with Crippen LogP contribution < -0.4 is 14.8 Å². The van der Waals surface area contributed by atoms with E-state index in [-0.39, 0.29) is 5.91 Å². The smallest absolute Gasteiger partial charge is 0.220 e. The van der Waals surface area contributed by atoms with Crippen LogP contribution in [-0.2, 0) is 16.1 Å². The summed E-state index contributed by atoms with van der Waals surface area (Å²) < 4.78 is 17.1. The number of hydrogen-bond donors (Lipinski definition) is 1. The predicted octanol–water partition coefficient (Wildman–Crippen LogP) is 3.96. The maximum atomic E-state index is 12.2. The van der Waals surface area contributed by atoms with Gasteiger partial charge in [-0.2, -0.15) is 0 Å². The van der Waals surface area contributed by atoms with Gasteiger partial charge in [-0.1, -0.05) is 30.3 Å². The van der Waals surface area contributed by atoms with Crippen LogP contribution in [-0.4, -0.2) is 56.9 Å². The van der Waals surface area contributed by atoms with E-state index in [1.54, 1.807) is 0 Å². The Kier molecular flexibility index (Phi) is 9.85. The molecule has 0 bridgehead atoms. The molecule has 1 amide bonds. The first-order valence-corrected chi connectivity index (χ1v) is 11.6. The SMILES string of the molecule is Cc1ccccc1OCCCC(=O)NCc1cccc(OCCN(C)C2CCOCC2)c1. The number of likely N-dealkylation sites (N-methyl/N-ethyl adjacent to an activating group) is 1. The number of benzene rings is 2. The topological polar surface area (TPSA) is 60.0 Å². The number of carbonyl (C=O) groups excluding carboxylic acids is 1. The minimum absolute atomic E-state index is 0.0304. The van der Waals surface area contributed by atoms with Gasteiger partial charge in [-0.25, -0.2) is 0 Å². The maximum absolute atomic E-state index is 12.2. The molecule has 2 aromatic carbocycles. The van der Waals surface area contributed by atoms with Gasteiger partial charge in [0.1, 0.15) is 18.1 Å². The summed E-state index contributed by atoms with van der Waals surface area (Å²) in [5, 5.41) is 2.98. The average molecular weight is 441 g/mol. The first-order valence-electron chi connectivity index (χ1n) is 11.6. The van der Waals surface area contributed by atoms with Gasteiger partial charge in [0.2, 0.25) is 5.91 Å². The highest BCUT2D eigenvalue weighted by Crippen LogP contribution is 2.17. The number of para-hydroxylation sites is 1.